The van der Waals surface area contributed by atoms with Gasteiger partial charge in [0.2, 0.25) is 0 Å². The van der Waals surface area contributed by atoms with Crippen LogP contribution in [0.15, 0.2) is 61.2 Å². The highest BCUT2D eigenvalue weighted by Crippen LogP contribution is 2.31. The number of amides is 2. The van der Waals surface area contributed by atoms with E-state index in [1.54, 1.807) is 12.1 Å². The van der Waals surface area contributed by atoms with Crippen molar-refractivity contribution in [3.05, 3.63) is 72.3 Å². The average Bonchev–Trinajstić information content (AvgIpc) is 3.24. The van der Waals surface area contributed by atoms with E-state index in [1.165, 1.54) is 36.9 Å². The zero-order valence-corrected chi connectivity index (χ0v) is 15.8. The fourth-order valence-corrected chi connectivity index (χ4v) is 2.61. The number of nitrogens with one attached hydrogen (secondary N) is 3. The summed E-state index contributed by atoms with van der Waals surface area (Å²) in [7, 11) is 0. The van der Waals surface area contributed by atoms with Crippen molar-refractivity contribution in [1.82, 2.24) is 20.2 Å². The van der Waals surface area contributed by atoms with E-state index in [1.807, 2.05) is 0 Å². The second-order valence-electron chi connectivity index (χ2n) is 6.30. The third kappa shape index (κ3) is 5.57. The van der Waals surface area contributed by atoms with Crippen LogP contribution < -0.4 is 16.1 Å². The second kappa shape index (κ2) is 9.26. The van der Waals surface area contributed by atoms with Crippen LogP contribution in [0.25, 0.3) is 0 Å². The monoisotopic (exact) mass is 434 g/mol. The first kappa shape index (κ1) is 21.8. The SMILES string of the molecule is O=C(N[C@@H](CO)C(=O)Nn1cnnc1)c1ccccc1Nc1cccc(C(F)(F)F)c1. The van der Waals surface area contributed by atoms with Crippen LogP contribution >= 0.6 is 0 Å². The van der Waals surface area contributed by atoms with E-state index in [9.17, 15) is 27.9 Å². The van der Waals surface area contributed by atoms with Gasteiger partial charge >= 0.3 is 6.18 Å². The van der Waals surface area contributed by atoms with Crippen molar-refractivity contribution in [3.8, 4) is 0 Å². The van der Waals surface area contributed by atoms with Crippen LogP contribution in [0, 0.1) is 0 Å². The summed E-state index contributed by atoms with van der Waals surface area (Å²) in [5, 5.41) is 21.7. The Kier molecular flexibility index (Phi) is 6.50. The molecule has 1 atom stereocenters. The van der Waals surface area contributed by atoms with E-state index in [4.69, 9.17) is 0 Å². The Morgan fingerprint density at radius 3 is 2.45 bits per heavy atom. The Hall–Kier alpha value is -3.93. The third-order valence-corrected chi connectivity index (χ3v) is 4.10. The molecule has 0 fully saturated rings. The number of aliphatic hydroxyl groups excluding tert-OH is 1. The number of hydrogen-bond acceptors (Lipinski definition) is 6. The van der Waals surface area contributed by atoms with E-state index in [2.05, 4.69) is 26.3 Å². The number of carbonyl (C=O) groups is 2. The van der Waals surface area contributed by atoms with Crippen molar-refractivity contribution in [1.29, 1.82) is 0 Å². The molecule has 162 valence electrons. The molecule has 0 aliphatic heterocycles. The molecule has 1 heterocycles. The van der Waals surface area contributed by atoms with Gasteiger partial charge in [0.1, 0.15) is 18.7 Å². The zero-order valence-electron chi connectivity index (χ0n) is 15.8. The lowest BCUT2D eigenvalue weighted by Crippen LogP contribution is -2.48. The van der Waals surface area contributed by atoms with Gasteiger partial charge in [0.15, 0.2) is 0 Å². The smallest absolute Gasteiger partial charge is 0.394 e. The molecule has 12 heteroatoms. The maximum Gasteiger partial charge on any atom is 0.416 e. The number of alkyl halides is 3. The Morgan fingerprint density at radius 1 is 1.06 bits per heavy atom. The number of halogens is 3. The van der Waals surface area contributed by atoms with E-state index in [0.29, 0.717) is 0 Å². The molecule has 0 spiro atoms. The predicted octanol–water partition coefficient (Wildman–Crippen LogP) is 1.90. The summed E-state index contributed by atoms with van der Waals surface area (Å²) < 4.78 is 40.0. The van der Waals surface area contributed by atoms with Gasteiger partial charge in [0, 0.05) is 5.69 Å². The topological polar surface area (TPSA) is 121 Å². The number of benzene rings is 2. The van der Waals surface area contributed by atoms with Crippen LogP contribution in [-0.4, -0.2) is 44.4 Å². The molecule has 9 nitrogen and oxygen atoms in total. The molecular weight excluding hydrogens is 417 g/mol. The van der Waals surface area contributed by atoms with Crippen molar-refractivity contribution in [2.24, 2.45) is 0 Å². The molecule has 3 aromatic rings. The summed E-state index contributed by atoms with van der Waals surface area (Å²) in [4.78, 5) is 24.9. The molecule has 2 amide bonds. The van der Waals surface area contributed by atoms with Gasteiger partial charge in [-0.25, -0.2) is 4.68 Å². The van der Waals surface area contributed by atoms with Gasteiger partial charge < -0.3 is 15.7 Å². The number of carbonyl (C=O) groups excluding carboxylic acids is 2. The fraction of sp³-hybridized carbons (Fsp3) is 0.158. The van der Waals surface area contributed by atoms with Gasteiger partial charge in [-0.15, -0.1) is 10.2 Å². The van der Waals surface area contributed by atoms with Crippen molar-refractivity contribution < 1.29 is 27.9 Å². The zero-order chi connectivity index (χ0) is 22.4. The van der Waals surface area contributed by atoms with E-state index >= 15 is 0 Å². The van der Waals surface area contributed by atoms with Crippen LogP contribution in [0.2, 0.25) is 0 Å². The molecule has 0 radical (unpaired) electrons. The maximum absolute atomic E-state index is 12.9. The summed E-state index contributed by atoms with van der Waals surface area (Å²) in [5.74, 6) is -1.44. The molecular formula is C19H17F3N6O3. The molecule has 0 aliphatic rings. The van der Waals surface area contributed by atoms with Crippen molar-refractivity contribution >= 4 is 23.2 Å². The van der Waals surface area contributed by atoms with Gasteiger partial charge in [0.25, 0.3) is 11.8 Å². The molecule has 1 aromatic heterocycles. The Bertz CT molecular complexity index is 1060. The molecule has 3 rings (SSSR count). The minimum atomic E-state index is -4.51. The molecule has 4 N–H and O–H groups in total. The lowest BCUT2D eigenvalue weighted by atomic mass is 10.1. The summed E-state index contributed by atoms with van der Waals surface area (Å²) in [6, 6.07) is 9.29. The first-order valence-electron chi connectivity index (χ1n) is 8.88. The lowest BCUT2D eigenvalue weighted by Gasteiger charge is -2.18. The van der Waals surface area contributed by atoms with Crippen LogP contribution in [0.1, 0.15) is 15.9 Å². The van der Waals surface area contributed by atoms with Crippen LogP contribution in [0.5, 0.6) is 0 Å². The van der Waals surface area contributed by atoms with Crippen molar-refractivity contribution in [2.45, 2.75) is 12.2 Å². The Labute approximate surface area is 173 Å². The molecule has 31 heavy (non-hydrogen) atoms. The van der Waals surface area contributed by atoms with Gasteiger partial charge in [-0.05, 0) is 30.3 Å². The molecule has 0 saturated heterocycles. The predicted molar refractivity (Wildman–Crippen MR) is 104 cm³/mol. The standard InChI is InChI=1S/C19H17F3N6O3/c20-19(21,22)12-4-3-5-13(8-12)25-15-7-2-1-6-14(15)17(30)26-16(9-29)18(31)27-28-10-23-24-11-28/h1-8,10-11,16,25,29H,9H2,(H,26,30)(H,27,31)/t16-/m0/s1. The highest BCUT2D eigenvalue weighted by molar-refractivity contribution is 6.03. The van der Waals surface area contributed by atoms with Crippen LogP contribution in [-0.2, 0) is 11.0 Å². The number of aromatic nitrogens is 3. The van der Waals surface area contributed by atoms with Gasteiger partial charge in [-0.1, -0.05) is 18.2 Å². The number of nitrogens with zero attached hydrogens (tertiary/aromatic N) is 3. The molecule has 2 aromatic carbocycles. The van der Waals surface area contributed by atoms with Crippen molar-refractivity contribution in [2.75, 3.05) is 17.3 Å². The highest BCUT2D eigenvalue weighted by atomic mass is 19.4. The summed E-state index contributed by atoms with van der Waals surface area (Å²) in [6.45, 7) is -0.692. The molecule has 0 unspecified atom stereocenters. The van der Waals surface area contributed by atoms with E-state index < -0.39 is 36.2 Å². The normalized spacial score (nSPS) is 12.1. The van der Waals surface area contributed by atoms with Gasteiger partial charge in [0.05, 0.1) is 23.4 Å². The molecule has 0 saturated carbocycles. The average molecular weight is 434 g/mol. The fourth-order valence-electron chi connectivity index (χ4n) is 2.61. The number of hydrogen-bond donors (Lipinski definition) is 4. The highest BCUT2D eigenvalue weighted by Gasteiger charge is 2.30. The van der Waals surface area contributed by atoms with E-state index in [-0.39, 0.29) is 16.9 Å². The van der Waals surface area contributed by atoms with Gasteiger partial charge in [-0.3, -0.25) is 15.0 Å². The summed E-state index contributed by atoms with van der Waals surface area (Å²) in [6.07, 6.45) is -2.09. The summed E-state index contributed by atoms with van der Waals surface area (Å²) >= 11 is 0. The number of anilines is 2. The number of para-hydroxylation sites is 1. The Morgan fingerprint density at radius 2 is 1.77 bits per heavy atom. The largest absolute Gasteiger partial charge is 0.416 e. The number of rotatable bonds is 7. The first-order valence-corrected chi connectivity index (χ1v) is 8.88. The minimum absolute atomic E-state index is 0.0652. The summed E-state index contributed by atoms with van der Waals surface area (Å²) in [5.41, 5.74) is 1.93. The maximum atomic E-state index is 12.9. The molecule has 0 bridgehead atoms. The van der Waals surface area contributed by atoms with Crippen LogP contribution in [0.3, 0.4) is 0 Å². The van der Waals surface area contributed by atoms with Crippen LogP contribution in [0.4, 0.5) is 24.5 Å². The lowest BCUT2D eigenvalue weighted by molar-refractivity contribution is -0.137. The second-order valence-corrected chi connectivity index (χ2v) is 6.30. The van der Waals surface area contributed by atoms with Gasteiger partial charge in [-0.2, -0.15) is 13.2 Å². The third-order valence-electron chi connectivity index (χ3n) is 4.10. The number of aliphatic hydroxyl groups is 1. The van der Waals surface area contributed by atoms with Crippen molar-refractivity contribution in [3.63, 3.8) is 0 Å². The quantitative estimate of drug-likeness (QED) is 0.451. The minimum Gasteiger partial charge on any atom is -0.394 e. The first-order chi connectivity index (χ1) is 14.8. The Balaban J connectivity index is 1.76. The molecule has 0 aliphatic carbocycles. The van der Waals surface area contributed by atoms with E-state index in [0.717, 1.165) is 16.8 Å².